The van der Waals surface area contributed by atoms with E-state index in [1.807, 2.05) is 35.0 Å². The average molecular weight is 526 g/mol. The third-order valence-electron chi connectivity index (χ3n) is 7.97. The Labute approximate surface area is 218 Å². The van der Waals surface area contributed by atoms with Crippen molar-refractivity contribution in [2.24, 2.45) is 10.9 Å². The van der Waals surface area contributed by atoms with Gasteiger partial charge >= 0.3 is 0 Å². The highest BCUT2D eigenvalue weighted by Crippen LogP contribution is 2.35. The molecule has 2 amide bonds. The number of aromatic nitrogens is 1. The molecule has 0 atom stereocenters. The summed E-state index contributed by atoms with van der Waals surface area (Å²) in [5.41, 5.74) is 0.803. The zero-order valence-corrected chi connectivity index (χ0v) is 22.3. The second kappa shape index (κ2) is 10.1. The van der Waals surface area contributed by atoms with Gasteiger partial charge in [0.25, 0.3) is 5.91 Å². The molecule has 1 spiro atoms. The Morgan fingerprint density at radius 1 is 1.16 bits per heavy atom. The van der Waals surface area contributed by atoms with Gasteiger partial charge in [-0.2, -0.15) is 4.31 Å². The molecule has 2 aliphatic heterocycles. The van der Waals surface area contributed by atoms with E-state index in [0.717, 1.165) is 48.0 Å². The maximum absolute atomic E-state index is 13.2. The van der Waals surface area contributed by atoms with Crippen molar-refractivity contribution in [2.75, 3.05) is 27.2 Å². The number of amidine groups is 1. The van der Waals surface area contributed by atoms with E-state index in [1.54, 1.807) is 25.1 Å². The zero-order chi connectivity index (χ0) is 26.2. The van der Waals surface area contributed by atoms with Crippen LogP contribution in [0, 0.1) is 5.92 Å². The first kappa shape index (κ1) is 25.7. The largest absolute Gasteiger partial charge is 0.347 e. The van der Waals surface area contributed by atoms with E-state index >= 15 is 0 Å². The van der Waals surface area contributed by atoms with E-state index in [-0.39, 0.29) is 31.4 Å². The summed E-state index contributed by atoms with van der Waals surface area (Å²) in [6, 6.07) is 7.54. The molecule has 1 N–H and O–H groups in total. The van der Waals surface area contributed by atoms with Gasteiger partial charge in [0, 0.05) is 55.6 Å². The molecule has 198 valence electrons. The zero-order valence-electron chi connectivity index (χ0n) is 21.5. The van der Waals surface area contributed by atoms with Gasteiger partial charge in [-0.25, -0.2) is 8.42 Å². The molecule has 37 heavy (non-hydrogen) atoms. The minimum atomic E-state index is -3.67. The molecule has 9 nitrogen and oxygen atoms in total. The van der Waals surface area contributed by atoms with Crippen molar-refractivity contribution in [2.45, 2.75) is 57.0 Å². The second-order valence-corrected chi connectivity index (χ2v) is 12.4. The predicted octanol–water partition coefficient (Wildman–Crippen LogP) is 2.97. The van der Waals surface area contributed by atoms with Crippen molar-refractivity contribution in [3.63, 3.8) is 0 Å². The Kier molecular flexibility index (Phi) is 6.97. The maximum Gasteiger partial charge on any atom is 0.253 e. The Bertz CT molecular complexity index is 1360. The van der Waals surface area contributed by atoms with E-state index in [2.05, 4.69) is 5.32 Å². The monoisotopic (exact) mass is 525 g/mol. The van der Waals surface area contributed by atoms with E-state index in [1.165, 1.54) is 16.1 Å². The summed E-state index contributed by atoms with van der Waals surface area (Å²) in [5.74, 6) is 1.04. The van der Waals surface area contributed by atoms with Gasteiger partial charge in [0.2, 0.25) is 15.9 Å². The number of piperidine rings is 1. The molecule has 1 aliphatic carbocycles. The number of fused-ring (bicyclic) bond motifs is 1. The van der Waals surface area contributed by atoms with Crippen LogP contribution >= 0.6 is 0 Å². The number of hydrogen-bond acceptors (Lipinski definition) is 5. The molecule has 3 aliphatic rings. The highest BCUT2D eigenvalue weighted by atomic mass is 32.2. The fourth-order valence-electron chi connectivity index (χ4n) is 5.62. The summed E-state index contributed by atoms with van der Waals surface area (Å²) in [7, 11) is -0.228. The molecular formula is C27H35N5O4S. The van der Waals surface area contributed by atoms with Gasteiger partial charge in [0.05, 0.1) is 0 Å². The molecule has 3 heterocycles. The molecule has 1 aromatic heterocycles. The summed E-state index contributed by atoms with van der Waals surface area (Å²) in [6.07, 6.45) is 9.92. The first-order valence-electron chi connectivity index (χ1n) is 13.1. The molecule has 10 heteroatoms. The fraction of sp³-hybridized carbons (Fsp3) is 0.519. The highest BCUT2D eigenvalue weighted by molar-refractivity contribution is 7.92. The van der Waals surface area contributed by atoms with Gasteiger partial charge in [-0.3, -0.25) is 14.6 Å². The number of rotatable bonds is 6. The standard InChI is InChI=1S/C27H35N5O4S/c1-30(2)24(33)19-31-15-11-22-20(9-6-10-23(22)31)12-18-37(35,36)32-16-13-27(14-17-32)26(34)28-25(29-27)21-7-4-3-5-8-21/h6,9-12,15,18,21H,3-5,7-8,13-14,16-17,19H2,1-2H3,(H,28,29,34). The Hall–Kier alpha value is -2.98. The number of hydrogen-bond donors (Lipinski definition) is 1. The molecule has 1 aromatic carbocycles. The average Bonchev–Trinajstić information content (AvgIpc) is 3.44. The predicted molar refractivity (Wildman–Crippen MR) is 144 cm³/mol. The number of aliphatic imine (C=N–C) groups is 1. The van der Waals surface area contributed by atoms with Gasteiger partial charge in [-0.1, -0.05) is 31.4 Å². The third-order valence-corrected chi connectivity index (χ3v) is 9.54. The van der Waals surface area contributed by atoms with Gasteiger partial charge in [-0.15, -0.1) is 0 Å². The van der Waals surface area contributed by atoms with Crippen molar-refractivity contribution in [3.8, 4) is 0 Å². The SMILES string of the molecule is CN(C)C(=O)Cn1ccc2c(C=CS(=O)(=O)N3CCC4(CC3)N=C(C3CCCCC3)NC4=O)cccc21. The van der Waals surface area contributed by atoms with Crippen LogP contribution in [-0.2, 0) is 26.2 Å². The molecule has 5 rings (SSSR count). The fourth-order valence-corrected chi connectivity index (χ4v) is 6.81. The molecule has 0 bridgehead atoms. The molecule has 2 aromatic rings. The molecule has 1 saturated carbocycles. The van der Waals surface area contributed by atoms with Crippen LogP contribution in [0.4, 0.5) is 0 Å². The summed E-state index contributed by atoms with van der Waals surface area (Å²) < 4.78 is 29.6. The lowest BCUT2D eigenvalue weighted by atomic mass is 9.88. The first-order chi connectivity index (χ1) is 17.7. The van der Waals surface area contributed by atoms with Crippen LogP contribution in [-0.4, -0.2) is 72.6 Å². The molecule has 1 saturated heterocycles. The number of likely N-dealkylation sites (N-methyl/N-ethyl adjacent to an activating group) is 1. The third kappa shape index (κ3) is 5.09. The van der Waals surface area contributed by atoms with Crippen LogP contribution in [0.2, 0.25) is 0 Å². The highest BCUT2D eigenvalue weighted by Gasteiger charge is 2.48. The summed E-state index contributed by atoms with van der Waals surface area (Å²) in [4.78, 5) is 31.4. The lowest BCUT2D eigenvalue weighted by Crippen LogP contribution is -2.50. The molecule has 2 fully saturated rings. The quantitative estimate of drug-likeness (QED) is 0.626. The number of carbonyl (C=O) groups excluding carboxylic acids is 2. The van der Waals surface area contributed by atoms with Crippen LogP contribution in [0.1, 0.15) is 50.5 Å². The lowest BCUT2D eigenvalue weighted by Gasteiger charge is -2.34. The smallest absolute Gasteiger partial charge is 0.253 e. The van der Waals surface area contributed by atoms with Gasteiger partial charge < -0.3 is 14.8 Å². The Morgan fingerprint density at radius 3 is 2.59 bits per heavy atom. The van der Waals surface area contributed by atoms with Crippen LogP contribution in [0.15, 0.2) is 40.9 Å². The minimum Gasteiger partial charge on any atom is -0.347 e. The number of benzene rings is 1. The summed E-state index contributed by atoms with van der Waals surface area (Å²) in [5, 5.41) is 5.15. The van der Waals surface area contributed by atoms with Crippen molar-refractivity contribution in [3.05, 3.63) is 41.4 Å². The number of nitrogens with one attached hydrogen (secondary N) is 1. The topological polar surface area (TPSA) is 104 Å². The summed E-state index contributed by atoms with van der Waals surface area (Å²) >= 11 is 0. The van der Waals surface area contributed by atoms with Crippen molar-refractivity contribution >= 4 is 44.7 Å². The number of sulfonamides is 1. The second-order valence-electron chi connectivity index (χ2n) is 10.6. The van der Waals surface area contributed by atoms with E-state index < -0.39 is 15.6 Å². The van der Waals surface area contributed by atoms with Crippen molar-refractivity contribution in [1.82, 2.24) is 19.1 Å². The van der Waals surface area contributed by atoms with Gasteiger partial charge in [-0.05, 0) is 49.5 Å². The van der Waals surface area contributed by atoms with Crippen molar-refractivity contribution in [1.29, 1.82) is 0 Å². The van der Waals surface area contributed by atoms with Crippen LogP contribution in [0.3, 0.4) is 0 Å². The molecular weight excluding hydrogens is 490 g/mol. The Morgan fingerprint density at radius 2 is 1.89 bits per heavy atom. The van der Waals surface area contributed by atoms with Crippen LogP contribution in [0.25, 0.3) is 17.0 Å². The number of amides is 2. The normalized spacial score (nSPS) is 21.0. The summed E-state index contributed by atoms with van der Waals surface area (Å²) in [6.45, 7) is 0.736. The van der Waals surface area contributed by atoms with Gasteiger partial charge in [0.15, 0.2) is 0 Å². The van der Waals surface area contributed by atoms with Gasteiger partial charge in [0.1, 0.15) is 17.9 Å². The van der Waals surface area contributed by atoms with E-state index in [4.69, 9.17) is 4.99 Å². The number of nitrogens with zero attached hydrogens (tertiary/aromatic N) is 4. The first-order valence-corrected chi connectivity index (χ1v) is 14.6. The number of carbonyl (C=O) groups is 2. The lowest BCUT2D eigenvalue weighted by molar-refractivity contribution is -0.129. The van der Waals surface area contributed by atoms with Crippen LogP contribution in [0.5, 0.6) is 0 Å². The minimum absolute atomic E-state index is 0.0185. The molecule has 0 unspecified atom stereocenters. The van der Waals surface area contributed by atoms with E-state index in [9.17, 15) is 18.0 Å². The Balaban J connectivity index is 1.28. The van der Waals surface area contributed by atoms with Crippen LogP contribution < -0.4 is 5.32 Å². The molecule has 0 radical (unpaired) electrons. The maximum atomic E-state index is 13.2. The van der Waals surface area contributed by atoms with Crippen molar-refractivity contribution < 1.29 is 18.0 Å². The van der Waals surface area contributed by atoms with E-state index in [0.29, 0.717) is 18.8 Å².